The van der Waals surface area contributed by atoms with Crippen molar-refractivity contribution in [3.05, 3.63) is 33.2 Å². The molecule has 0 radical (unpaired) electrons. The standard InChI is InChI=1S/C9H9ClO2S/c10-8-4-6(5-13-8)9(11)7-2-1-3-12-7/h2,4-5,9,11H,1,3H2. The molecule has 1 N–H and O–H groups in total. The van der Waals surface area contributed by atoms with Crippen molar-refractivity contribution in [2.45, 2.75) is 12.5 Å². The molecule has 0 fully saturated rings. The number of hydrogen-bond acceptors (Lipinski definition) is 3. The fourth-order valence-electron chi connectivity index (χ4n) is 1.26. The molecule has 0 saturated heterocycles. The molecule has 0 saturated carbocycles. The Morgan fingerprint density at radius 1 is 1.62 bits per heavy atom. The number of ether oxygens (including phenoxy) is 1. The van der Waals surface area contributed by atoms with Gasteiger partial charge in [-0.2, -0.15) is 0 Å². The van der Waals surface area contributed by atoms with E-state index >= 15 is 0 Å². The average molecular weight is 217 g/mol. The fraction of sp³-hybridized carbons (Fsp3) is 0.333. The average Bonchev–Trinajstić information content (AvgIpc) is 2.72. The molecule has 1 unspecified atom stereocenters. The highest BCUT2D eigenvalue weighted by molar-refractivity contribution is 7.14. The third-order valence-electron chi connectivity index (χ3n) is 1.91. The van der Waals surface area contributed by atoms with Crippen LogP contribution in [-0.2, 0) is 4.74 Å². The molecule has 2 rings (SSSR count). The van der Waals surface area contributed by atoms with Gasteiger partial charge in [0.15, 0.2) is 0 Å². The van der Waals surface area contributed by atoms with Crippen molar-refractivity contribution in [3.8, 4) is 0 Å². The lowest BCUT2D eigenvalue weighted by Crippen LogP contribution is -2.00. The number of aliphatic hydroxyl groups is 1. The van der Waals surface area contributed by atoms with Crippen LogP contribution in [0.2, 0.25) is 4.34 Å². The summed E-state index contributed by atoms with van der Waals surface area (Å²) in [5.74, 6) is 0.648. The molecule has 13 heavy (non-hydrogen) atoms. The smallest absolute Gasteiger partial charge is 0.137 e. The van der Waals surface area contributed by atoms with Crippen LogP contribution in [0.1, 0.15) is 18.1 Å². The number of halogens is 1. The molecule has 0 aliphatic carbocycles. The Kier molecular flexibility index (Phi) is 2.58. The molecule has 1 aliphatic heterocycles. The van der Waals surface area contributed by atoms with Gasteiger partial charge in [0, 0.05) is 12.0 Å². The van der Waals surface area contributed by atoms with Crippen LogP contribution >= 0.6 is 22.9 Å². The van der Waals surface area contributed by atoms with Crippen LogP contribution in [0.15, 0.2) is 23.3 Å². The van der Waals surface area contributed by atoms with E-state index in [-0.39, 0.29) is 0 Å². The van der Waals surface area contributed by atoms with Crippen LogP contribution in [0.4, 0.5) is 0 Å². The molecule has 0 aromatic carbocycles. The number of hydrogen-bond donors (Lipinski definition) is 1. The summed E-state index contributed by atoms with van der Waals surface area (Å²) >= 11 is 7.17. The quantitative estimate of drug-likeness (QED) is 0.824. The first kappa shape index (κ1) is 9.06. The normalized spacial score (nSPS) is 18.2. The van der Waals surface area contributed by atoms with E-state index in [0.717, 1.165) is 12.0 Å². The molecule has 70 valence electrons. The van der Waals surface area contributed by atoms with Crippen LogP contribution in [0.25, 0.3) is 0 Å². The second kappa shape index (κ2) is 3.70. The maximum absolute atomic E-state index is 9.79. The van der Waals surface area contributed by atoms with E-state index in [1.54, 1.807) is 6.07 Å². The van der Waals surface area contributed by atoms with E-state index in [0.29, 0.717) is 16.7 Å². The molecule has 1 aromatic heterocycles. The van der Waals surface area contributed by atoms with Gasteiger partial charge in [0.2, 0.25) is 0 Å². The zero-order valence-corrected chi connectivity index (χ0v) is 8.44. The lowest BCUT2D eigenvalue weighted by atomic mass is 10.1. The van der Waals surface area contributed by atoms with Crippen molar-refractivity contribution in [1.29, 1.82) is 0 Å². The topological polar surface area (TPSA) is 29.5 Å². The summed E-state index contributed by atoms with van der Waals surface area (Å²) in [6.07, 6.45) is 2.15. The number of rotatable bonds is 2. The predicted octanol–water partition coefficient (Wildman–Crippen LogP) is 2.74. The van der Waals surface area contributed by atoms with Gasteiger partial charge in [0.1, 0.15) is 11.9 Å². The van der Waals surface area contributed by atoms with Gasteiger partial charge < -0.3 is 9.84 Å². The van der Waals surface area contributed by atoms with Crippen molar-refractivity contribution < 1.29 is 9.84 Å². The van der Waals surface area contributed by atoms with Crippen molar-refractivity contribution in [2.24, 2.45) is 0 Å². The Labute approximate surface area is 85.4 Å². The van der Waals surface area contributed by atoms with Gasteiger partial charge in [-0.25, -0.2) is 0 Å². The van der Waals surface area contributed by atoms with Crippen LogP contribution in [0.3, 0.4) is 0 Å². The van der Waals surface area contributed by atoms with Gasteiger partial charge in [-0.15, -0.1) is 11.3 Å². The van der Waals surface area contributed by atoms with E-state index in [1.165, 1.54) is 11.3 Å². The SMILES string of the molecule is OC(C1=CCCO1)c1csc(Cl)c1. The molecule has 0 spiro atoms. The summed E-state index contributed by atoms with van der Waals surface area (Å²) in [6, 6.07) is 1.76. The van der Waals surface area contributed by atoms with Gasteiger partial charge in [0.25, 0.3) is 0 Å². The zero-order valence-electron chi connectivity index (χ0n) is 6.87. The molecule has 1 aromatic rings. The third kappa shape index (κ3) is 1.88. The lowest BCUT2D eigenvalue weighted by Gasteiger charge is -2.09. The van der Waals surface area contributed by atoms with Crippen LogP contribution < -0.4 is 0 Å². The zero-order chi connectivity index (χ0) is 9.26. The number of thiophene rings is 1. The summed E-state index contributed by atoms with van der Waals surface area (Å²) in [5, 5.41) is 11.6. The first-order valence-corrected chi connectivity index (χ1v) is 5.28. The molecule has 2 nitrogen and oxygen atoms in total. The first-order chi connectivity index (χ1) is 6.27. The second-order valence-electron chi connectivity index (χ2n) is 2.83. The summed E-state index contributed by atoms with van der Waals surface area (Å²) < 4.78 is 5.94. The largest absolute Gasteiger partial charge is 0.495 e. The molecule has 1 aliphatic rings. The monoisotopic (exact) mass is 216 g/mol. The van der Waals surface area contributed by atoms with Crippen molar-refractivity contribution in [3.63, 3.8) is 0 Å². The van der Waals surface area contributed by atoms with Crippen molar-refractivity contribution >= 4 is 22.9 Å². The Morgan fingerprint density at radius 3 is 3.00 bits per heavy atom. The van der Waals surface area contributed by atoms with Gasteiger partial charge in [-0.1, -0.05) is 11.6 Å². The van der Waals surface area contributed by atoms with Gasteiger partial charge in [-0.05, 0) is 17.5 Å². The van der Waals surface area contributed by atoms with Crippen LogP contribution in [-0.4, -0.2) is 11.7 Å². The van der Waals surface area contributed by atoms with Gasteiger partial charge in [0.05, 0.1) is 10.9 Å². The van der Waals surface area contributed by atoms with Crippen molar-refractivity contribution in [1.82, 2.24) is 0 Å². The molecular weight excluding hydrogens is 208 g/mol. The Balaban J connectivity index is 2.16. The maximum Gasteiger partial charge on any atom is 0.137 e. The highest BCUT2D eigenvalue weighted by Crippen LogP contribution is 2.31. The molecular formula is C9H9ClO2S. The van der Waals surface area contributed by atoms with E-state index in [1.807, 2.05) is 11.5 Å². The van der Waals surface area contributed by atoms with E-state index in [9.17, 15) is 5.11 Å². The Hall–Kier alpha value is -0.510. The van der Waals surface area contributed by atoms with E-state index in [2.05, 4.69) is 0 Å². The minimum absolute atomic E-state index is 0.647. The molecule has 0 amide bonds. The van der Waals surface area contributed by atoms with Gasteiger partial charge in [-0.3, -0.25) is 0 Å². The summed E-state index contributed by atoms with van der Waals surface area (Å²) in [7, 11) is 0. The Bertz CT molecular complexity index is 332. The van der Waals surface area contributed by atoms with Gasteiger partial charge >= 0.3 is 0 Å². The maximum atomic E-state index is 9.79. The first-order valence-electron chi connectivity index (χ1n) is 4.02. The Morgan fingerprint density at radius 2 is 2.46 bits per heavy atom. The van der Waals surface area contributed by atoms with E-state index < -0.39 is 6.10 Å². The molecule has 2 heterocycles. The molecule has 1 atom stereocenters. The minimum Gasteiger partial charge on any atom is -0.495 e. The highest BCUT2D eigenvalue weighted by atomic mass is 35.5. The summed E-state index contributed by atoms with van der Waals surface area (Å²) in [5.41, 5.74) is 0.808. The molecule has 4 heteroatoms. The minimum atomic E-state index is -0.647. The highest BCUT2D eigenvalue weighted by Gasteiger charge is 2.18. The third-order valence-corrected chi connectivity index (χ3v) is 3.01. The lowest BCUT2D eigenvalue weighted by molar-refractivity contribution is 0.119. The summed E-state index contributed by atoms with van der Waals surface area (Å²) in [4.78, 5) is 0. The van der Waals surface area contributed by atoms with Crippen LogP contribution in [0.5, 0.6) is 0 Å². The fourth-order valence-corrected chi connectivity index (χ4v) is 2.17. The summed E-state index contributed by atoms with van der Waals surface area (Å²) in [6.45, 7) is 0.671. The molecule has 0 bridgehead atoms. The predicted molar refractivity (Wildman–Crippen MR) is 52.9 cm³/mol. The second-order valence-corrected chi connectivity index (χ2v) is 4.37. The van der Waals surface area contributed by atoms with Crippen LogP contribution in [0, 0.1) is 0 Å². The van der Waals surface area contributed by atoms with Crippen molar-refractivity contribution in [2.75, 3.05) is 6.61 Å². The van der Waals surface area contributed by atoms with E-state index in [4.69, 9.17) is 16.3 Å². The number of aliphatic hydroxyl groups excluding tert-OH is 1.